The lowest BCUT2D eigenvalue weighted by Gasteiger charge is -2.28. The SMILES string of the molecule is CCCN(Cc1ccc(C)cc1)C(=O)c1ccc(N2CCOCC2)c([N+](=O)[O-])c1. The number of hydrogen-bond donors (Lipinski definition) is 0. The van der Waals surface area contributed by atoms with E-state index in [-0.39, 0.29) is 11.6 Å². The normalized spacial score (nSPS) is 13.9. The van der Waals surface area contributed by atoms with Crippen molar-refractivity contribution in [2.24, 2.45) is 0 Å². The van der Waals surface area contributed by atoms with E-state index in [1.807, 2.05) is 43.0 Å². The van der Waals surface area contributed by atoms with Crippen LogP contribution in [-0.2, 0) is 11.3 Å². The first-order chi connectivity index (χ1) is 14.0. The maximum Gasteiger partial charge on any atom is 0.293 e. The standard InChI is InChI=1S/C22H27N3O4/c1-3-10-24(16-18-6-4-17(2)5-7-18)22(26)19-8-9-20(21(15-19)25(27)28)23-11-13-29-14-12-23/h4-9,15H,3,10-14,16H2,1-2H3. The summed E-state index contributed by atoms with van der Waals surface area (Å²) < 4.78 is 5.33. The van der Waals surface area contributed by atoms with Crippen molar-refractivity contribution >= 4 is 17.3 Å². The van der Waals surface area contributed by atoms with E-state index < -0.39 is 4.92 Å². The number of nitro benzene ring substituents is 1. The number of carbonyl (C=O) groups excluding carboxylic acids is 1. The third-order valence-electron chi connectivity index (χ3n) is 5.05. The lowest BCUT2D eigenvalue weighted by molar-refractivity contribution is -0.384. The molecule has 29 heavy (non-hydrogen) atoms. The monoisotopic (exact) mass is 397 g/mol. The molecule has 1 heterocycles. The Morgan fingerprint density at radius 1 is 1.17 bits per heavy atom. The van der Waals surface area contributed by atoms with Gasteiger partial charge in [-0.1, -0.05) is 36.8 Å². The summed E-state index contributed by atoms with van der Waals surface area (Å²) >= 11 is 0. The first-order valence-electron chi connectivity index (χ1n) is 9.95. The Morgan fingerprint density at radius 3 is 2.48 bits per heavy atom. The molecule has 154 valence electrons. The maximum atomic E-state index is 13.1. The number of hydrogen-bond acceptors (Lipinski definition) is 5. The molecular weight excluding hydrogens is 370 g/mol. The first kappa shape index (κ1) is 20.8. The minimum Gasteiger partial charge on any atom is -0.378 e. The Morgan fingerprint density at radius 2 is 1.86 bits per heavy atom. The van der Waals surface area contributed by atoms with Gasteiger partial charge in [0.1, 0.15) is 5.69 Å². The predicted molar refractivity (Wildman–Crippen MR) is 112 cm³/mol. The molecule has 0 atom stereocenters. The summed E-state index contributed by atoms with van der Waals surface area (Å²) in [5.74, 6) is -0.191. The highest BCUT2D eigenvalue weighted by atomic mass is 16.6. The van der Waals surface area contributed by atoms with Crippen molar-refractivity contribution in [1.82, 2.24) is 4.90 Å². The van der Waals surface area contributed by atoms with E-state index in [1.165, 1.54) is 6.07 Å². The molecule has 0 aliphatic carbocycles. The molecule has 0 aromatic heterocycles. The second-order valence-electron chi connectivity index (χ2n) is 7.27. The molecule has 0 radical (unpaired) electrons. The molecule has 1 aliphatic rings. The highest BCUT2D eigenvalue weighted by Crippen LogP contribution is 2.30. The molecule has 2 aromatic rings. The smallest absolute Gasteiger partial charge is 0.293 e. The Bertz CT molecular complexity index is 861. The molecule has 1 fully saturated rings. The van der Waals surface area contributed by atoms with Crippen LogP contribution in [0.5, 0.6) is 0 Å². The Balaban J connectivity index is 1.86. The average Bonchev–Trinajstić information content (AvgIpc) is 2.74. The Kier molecular flexibility index (Phi) is 6.82. The van der Waals surface area contributed by atoms with Gasteiger partial charge in [0.25, 0.3) is 11.6 Å². The van der Waals surface area contributed by atoms with E-state index in [9.17, 15) is 14.9 Å². The second-order valence-corrected chi connectivity index (χ2v) is 7.27. The Labute approximate surface area is 171 Å². The van der Waals surface area contributed by atoms with Crippen molar-refractivity contribution in [1.29, 1.82) is 0 Å². The van der Waals surface area contributed by atoms with Crippen LogP contribution in [0.1, 0.15) is 34.8 Å². The number of morpholine rings is 1. The van der Waals surface area contributed by atoms with Gasteiger partial charge in [-0.25, -0.2) is 0 Å². The van der Waals surface area contributed by atoms with Crippen LogP contribution in [0.3, 0.4) is 0 Å². The fraction of sp³-hybridized carbons (Fsp3) is 0.409. The van der Waals surface area contributed by atoms with E-state index in [2.05, 4.69) is 0 Å². The summed E-state index contributed by atoms with van der Waals surface area (Å²) in [6.07, 6.45) is 0.811. The molecule has 7 heteroatoms. The minimum absolute atomic E-state index is 0.0375. The number of nitro groups is 1. The van der Waals surface area contributed by atoms with E-state index >= 15 is 0 Å². The zero-order chi connectivity index (χ0) is 20.8. The van der Waals surface area contributed by atoms with E-state index in [0.717, 1.165) is 17.5 Å². The molecular formula is C22H27N3O4. The number of ether oxygens (including phenoxy) is 1. The summed E-state index contributed by atoms with van der Waals surface area (Å²) in [6, 6.07) is 12.8. The topological polar surface area (TPSA) is 75.9 Å². The number of carbonyl (C=O) groups is 1. The van der Waals surface area contributed by atoms with Crippen LogP contribution in [0, 0.1) is 17.0 Å². The molecule has 7 nitrogen and oxygen atoms in total. The summed E-state index contributed by atoms with van der Waals surface area (Å²) in [5, 5.41) is 11.7. The first-order valence-corrected chi connectivity index (χ1v) is 9.95. The number of anilines is 1. The van der Waals surface area contributed by atoms with Gasteiger partial charge in [-0.05, 0) is 31.0 Å². The number of amides is 1. The average molecular weight is 397 g/mol. The fourth-order valence-electron chi connectivity index (χ4n) is 3.49. The van der Waals surface area contributed by atoms with Crippen LogP contribution in [0.25, 0.3) is 0 Å². The Hall–Kier alpha value is -2.93. The van der Waals surface area contributed by atoms with Crippen molar-refractivity contribution in [2.75, 3.05) is 37.7 Å². The number of aryl methyl sites for hydroxylation is 1. The van der Waals surface area contributed by atoms with Crippen molar-refractivity contribution in [3.8, 4) is 0 Å². The molecule has 3 rings (SSSR count). The lowest BCUT2D eigenvalue weighted by atomic mass is 10.1. The molecule has 0 spiro atoms. The molecule has 1 aliphatic heterocycles. The van der Waals surface area contributed by atoms with Gasteiger partial charge >= 0.3 is 0 Å². The molecule has 2 aromatic carbocycles. The second kappa shape index (κ2) is 9.52. The van der Waals surface area contributed by atoms with Crippen LogP contribution >= 0.6 is 0 Å². The predicted octanol–water partition coefficient (Wildman–Crippen LogP) is 3.79. The van der Waals surface area contributed by atoms with Crippen LogP contribution in [0.4, 0.5) is 11.4 Å². The molecule has 0 bridgehead atoms. The zero-order valence-electron chi connectivity index (χ0n) is 17.0. The van der Waals surface area contributed by atoms with Gasteiger partial charge in [-0.3, -0.25) is 14.9 Å². The van der Waals surface area contributed by atoms with E-state index in [1.54, 1.807) is 17.0 Å². The minimum atomic E-state index is -0.411. The largest absolute Gasteiger partial charge is 0.378 e. The molecule has 0 saturated carbocycles. The lowest BCUT2D eigenvalue weighted by Crippen LogP contribution is -2.36. The number of benzene rings is 2. The van der Waals surface area contributed by atoms with Gasteiger partial charge in [0.2, 0.25) is 0 Å². The molecule has 0 unspecified atom stereocenters. The highest BCUT2D eigenvalue weighted by molar-refractivity contribution is 5.95. The summed E-state index contributed by atoms with van der Waals surface area (Å²) in [4.78, 5) is 28.1. The van der Waals surface area contributed by atoms with Crippen molar-refractivity contribution in [3.05, 3.63) is 69.3 Å². The van der Waals surface area contributed by atoms with Gasteiger partial charge in [0.15, 0.2) is 0 Å². The fourth-order valence-corrected chi connectivity index (χ4v) is 3.49. The highest BCUT2D eigenvalue weighted by Gasteiger charge is 2.25. The van der Waals surface area contributed by atoms with Crippen LogP contribution < -0.4 is 4.90 Å². The van der Waals surface area contributed by atoms with E-state index in [4.69, 9.17) is 4.74 Å². The summed E-state index contributed by atoms with van der Waals surface area (Å²) in [5.41, 5.74) is 3.04. The van der Waals surface area contributed by atoms with Crippen LogP contribution in [0.2, 0.25) is 0 Å². The van der Waals surface area contributed by atoms with E-state index in [0.29, 0.717) is 50.6 Å². The summed E-state index contributed by atoms with van der Waals surface area (Å²) in [7, 11) is 0. The van der Waals surface area contributed by atoms with Crippen LogP contribution in [0.15, 0.2) is 42.5 Å². The summed E-state index contributed by atoms with van der Waals surface area (Å²) in [6.45, 7) is 7.38. The van der Waals surface area contributed by atoms with Crippen molar-refractivity contribution < 1.29 is 14.5 Å². The number of nitrogens with zero attached hydrogens (tertiary/aromatic N) is 3. The molecule has 1 amide bonds. The van der Waals surface area contributed by atoms with Gasteiger partial charge in [-0.2, -0.15) is 0 Å². The third-order valence-corrected chi connectivity index (χ3v) is 5.05. The molecule has 1 saturated heterocycles. The zero-order valence-corrected chi connectivity index (χ0v) is 17.0. The number of rotatable bonds is 7. The maximum absolute atomic E-state index is 13.1. The van der Waals surface area contributed by atoms with Crippen molar-refractivity contribution in [2.45, 2.75) is 26.8 Å². The van der Waals surface area contributed by atoms with Gasteiger partial charge in [0.05, 0.1) is 18.1 Å². The van der Waals surface area contributed by atoms with Gasteiger partial charge in [0, 0.05) is 37.8 Å². The third kappa shape index (κ3) is 5.12. The molecule has 0 N–H and O–H groups in total. The van der Waals surface area contributed by atoms with Crippen LogP contribution in [-0.4, -0.2) is 48.6 Å². The quantitative estimate of drug-likeness (QED) is 0.525. The van der Waals surface area contributed by atoms with Gasteiger partial charge in [-0.15, -0.1) is 0 Å². The van der Waals surface area contributed by atoms with Gasteiger partial charge < -0.3 is 14.5 Å². The van der Waals surface area contributed by atoms with Crippen molar-refractivity contribution in [3.63, 3.8) is 0 Å².